The number of furan rings is 1. The van der Waals surface area contributed by atoms with Crippen LogP contribution in [0.2, 0.25) is 0 Å². The van der Waals surface area contributed by atoms with E-state index < -0.39 is 0 Å². The lowest BCUT2D eigenvalue weighted by Crippen LogP contribution is -2.14. The summed E-state index contributed by atoms with van der Waals surface area (Å²) in [5.41, 5.74) is 2.42. The van der Waals surface area contributed by atoms with Gasteiger partial charge in [0.2, 0.25) is 0 Å². The summed E-state index contributed by atoms with van der Waals surface area (Å²) < 4.78 is 12.6. The molecule has 0 aliphatic heterocycles. The van der Waals surface area contributed by atoms with E-state index in [-0.39, 0.29) is 11.0 Å². The summed E-state index contributed by atoms with van der Waals surface area (Å²) in [4.78, 5) is 13.0. The fourth-order valence-corrected chi connectivity index (χ4v) is 4.09. The van der Waals surface area contributed by atoms with Gasteiger partial charge in [0, 0.05) is 11.3 Å². The third-order valence-corrected chi connectivity index (χ3v) is 5.82. The average Bonchev–Trinajstić information content (AvgIpc) is 3.39. The van der Waals surface area contributed by atoms with Crippen LogP contribution in [-0.4, -0.2) is 32.9 Å². The van der Waals surface area contributed by atoms with Gasteiger partial charge in [-0.2, -0.15) is 0 Å². The third kappa shape index (κ3) is 3.89. The van der Waals surface area contributed by atoms with E-state index in [0.717, 1.165) is 22.8 Å². The molecule has 0 radical (unpaired) electrons. The highest BCUT2D eigenvalue weighted by Gasteiger charge is 2.23. The van der Waals surface area contributed by atoms with Crippen molar-refractivity contribution in [3.05, 3.63) is 78.3 Å². The van der Waals surface area contributed by atoms with E-state index in [9.17, 15) is 4.79 Å². The van der Waals surface area contributed by atoms with Gasteiger partial charge >= 0.3 is 0 Å². The molecule has 2 aromatic carbocycles. The predicted octanol–water partition coefficient (Wildman–Crippen LogP) is 5.21. The normalized spacial score (nSPS) is 12.0. The molecule has 7 heteroatoms. The molecule has 1 unspecified atom stereocenters. The lowest BCUT2D eigenvalue weighted by atomic mass is 10.1. The fraction of sp³-hybridized carbons (Fsp3) is 0.174. The number of para-hydroxylation sites is 1. The van der Waals surface area contributed by atoms with Gasteiger partial charge in [-0.25, -0.2) is 0 Å². The lowest BCUT2D eigenvalue weighted by Gasteiger charge is -2.13. The number of ketones is 1. The van der Waals surface area contributed by atoms with Crippen LogP contribution in [0.15, 0.2) is 76.5 Å². The highest BCUT2D eigenvalue weighted by Crippen LogP contribution is 2.32. The molecule has 0 spiro atoms. The third-order valence-electron chi connectivity index (χ3n) is 4.77. The molecule has 30 heavy (non-hydrogen) atoms. The van der Waals surface area contributed by atoms with Crippen LogP contribution in [-0.2, 0) is 0 Å². The van der Waals surface area contributed by atoms with E-state index in [1.807, 2.05) is 54.8 Å². The Morgan fingerprint density at radius 1 is 1.07 bits per heavy atom. The second kappa shape index (κ2) is 8.59. The highest BCUT2D eigenvalue weighted by molar-refractivity contribution is 8.00. The number of thioether (sulfide) groups is 1. The molecule has 4 rings (SSSR count). The van der Waals surface area contributed by atoms with Crippen LogP contribution in [0, 0.1) is 6.92 Å². The molecule has 0 aliphatic rings. The van der Waals surface area contributed by atoms with Crippen molar-refractivity contribution < 1.29 is 13.9 Å². The summed E-state index contributed by atoms with van der Waals surface area (Å²) in [6, 6.07) is 18.9. The van der Waals surface area contributed by atoms with E-state index in [2.05, 4.69) is 10.2 Å². The number of hydrogen-bond donors (Lipinski definition) is 0. The van der Waals surface area contributed by atoms with Crippen molar-refractivity contribution >= 4 is 17.5 Å². The average molecular weight is 420 g/mol. The van der Waals surface area contributed by atoms with Gasteiger partial charge in [0.15, 0.2) is 16.8 Å². The van der Waals surface area contributed by atoms with Gasteiger partial charge in [0.1, 0.15) is 11.5 Å². The number of carbonyl (C=O) groups excluding carboxylic acids is 1. The monoisotopic (exact) mass is 419 g/mol. The summed E-state index contributed by atoms with van der Waals surface area (Å²) in [6.07, 6.45) is 1.64. The molecule has 4 aromatic rings. The van der Waals surface area contributed by atoms with Gasteiger partial charge < -0.3 is 9.15 Å². The molecule has 2 aromatic heterocycles. The molecular weight excluding hydrogens is 398 g/mol. The van der Waals surface area contributed by atoms with E-state index >= 15 is 0 Å². The molecule has 0 amide bonds. The highest BCUT2D eigenvalue weighted by atomic mass is 32.2. The Bertz CT molecular complexity index is 1150. The molecule has 0 saturated carbocycles. The van der Waals surface area contributed by atoms with Crippen molar-refractivity contribution in [3.63, 3.8) is 0 Å². The topological polar surface area (TPSA) is 70.2 Å². The maximum atomic E-state index is 13.0. The van der Waals surface area contributed by atoms with E-state index in [1.165, 1.54) is 11.8 Å². The van der Waals surface area contributed by atoms with Crippen LogP contribution in [0.4, 0.5) is 0 Å². The zero-order chi connectivity index (χ0) is 21.1. The van der Waals surface area contributed by atoms with Crippen LogP contribution in [0.5, 0.6) is 5.75 Å². The molecule has 0 N–H and O–H groups in total. The number of ether oxygens (including phenoxy) is 1. The van der Waals surface area contributed by atoms with Crippen molar-refractivity contribution in [1.82, 2.24) is 14.8 Å². The first-order valence-electron chi connectivity index (χ1n) is 9.48. The number of aromatic nitrogens is 3. The molecule has 152 valence electrons. The van der Waals surface area contributed by atoms with Crippen molar-refractivity contribution in [2.24, 2.45) is 0 Å². The molecular formula is C23H21N3O3S. The zero-order valence-corrected chi connectivity index (χ0v) is 17.7. The van der Waals surface area contributed by atoms with Crippen LogP contribution >= 0.6 is 11.8 Å². The van der Waals surface area contributed by atoms with Gasteiger partial charge in [0.25, 0.3) is 0 Å². The van der Waals surface area contributed by atoms with E-state index in [4.69, 9.17) is 9.15 Å². The van der Waals surface area contributed by atoms with Gasteiger partial charge in [-0.3, -0.25) is 9.36 Å². The summed E-state index contributed by atoms with van der Waals surface area (Å²) >= 11 is 1.38. The summed E-state index contributed by atoms with van der Waals surface area (Å²) in [5, 5.41) is 9.10. The van der Waals surface area contributed by atoms with Crippen molar-refractivity contribution in [3.8, 4) is 22.8 Å². The number of Topliss-reactive ketones (excluding diaryl/α,β-unsaturated/α-hetero) is 1. The first-order chi connectivity index (χ1) is 14.6. The van der Waals surface area contributed by atoms with Crippen LogP contribution in [0.3, 0.4) is 0 Å². The number of hydrogen-bond acceptors (Lipinski definition) is 6. The SMILES string of the molecule is COc1ccc(C(=O)C(C)Sc2nnc(-c3ccoc3C)n2-c2ccccc2)cc1. The Balaban J connectivity index is 1.68. The smallest absolute Gasteiger partial charge is 0.196 e. The first kappa shape index (κ1) is 20.0. The molecule has 0 aliphatic carbocycles. The number of aryl methyl sites for hydroxylation is 1. The van der Waals surface area contributed by atoms with Crippen LogP contribution in [0.25, 0.3) is 17.1 Å². The molecule has 0 bridgehead atoms. The molecule has 1 atom stereocenters. The first-order valence-corrected chi connectivity index (χ1v) is 10.4. The quantitative estimate of drug-likeness (QED) is 0.303. The van der Waals surface area contributed by atoms with Crippen LogP contribution < -0.4 is 4.74 Å². The molecule has 6 nitrogen and oxygen atoms in total. The lowest BCUT2D eigenvalue weighted by molar-refractivity contribution is 0.0994. The molecule has 2 heterocycles. The summed E-state index contributed by atoms with van der Waals surface area (Å²) in [6.45, 7) is 3.77. The van der Waals surface area contributed by atoms with Crippen molar-refractivity contribution in [1.29, 1.82) is 0 Å². The Hall–Kier alpha value is -3.32. The molecule has 0 fully saturated rings. The largest absolute Gasteiger partial charge is 0.497 e. The molecule has 0 saturated heterocycles. The van der Waals surface area contributed by atoms with Crippen LogP contribution in [0.1, 0.15) is 23.0 Å². The van der Waals surface area contributed by atoms with Crippen molar-refractivity contribution in [2.45, 2.75) is 24.3 Å². The fourth-order valence-electron chi connectivity index (χ4n) is 3.15. The summed E-state index contributed by atoms with van der Waals surface area (Å²) in [5.74, 6) is 2.18. The van der Waals surface area contributed by atoms with Gasteiger partial charge in [0.05, 0.1) is 24.2 Å². The number of benzene rings is 2. The van der Waals surface area contributed by atoms with Gasteiger partial charge in [-0.05, 0) is 56.3 Å². The van der Waals surface area contributed by atoms with Gasteiger partial charge in [-0.1, -0.05) is 30.0 Å². The number of nitrogens with zero attached hydrogens (tertiary/aromatic N) is 3. The Morgan fingerprint density at radius 2 is 1.80 bits per heavy atom. The maximum absolute atomic E-state index is 13.0. The zero-order valence-electron chi connectivity index (χ0n) is 16.9. The summed E-state index contributed by atoms with van der Waals surface area (Å²) in [7, 11) is 1.60. The minimum Gasteiger partial charge on any atom is -0.497 e. The second-order valence-electron chi connectivity index (χ2n) is 6.72. The van der Waals surface area contributed by atoms with E-state index in [1.54, 1.807) is 37.6 Å². The Morgan fingerprint density at radius 3 is 2.43 bits per heavy atom. The number of rotatable bonds is 7. The maximum Gasteiger partial charge on any atom is 0.196 e. The number of carbonyl (C=O) groups is 1. The Labute approximate surface area is 178 Å². The van der Waals surface area contributed by atoms with E-state index in [0.29, 0.717) is 16.5 Å². The Kier molecular flexibility index (Phi) is 5.72. The van der Waals surface area contributed by atoms with Gasteiger partial charge in [-0.15, -0.1) is 10.2 Å². The minimum atomic E-state index is -0.344. The predicted molar refractivity (Wildman–Crippen MR) is 116 cm³/mol. The van der Waals surface area contributed by atoms with Crippen molar-refractivity contribution in [2.75, 3.05) is 7.11 Å². The second-order valence-corrected chi connectivity index (χ2v) is 8.03. The number of methoxy groups -OCH3 is 1. The minimum absolute atomic E-state index is 0.0197. The standard InChI is InChI=1S/C23H21N3O3S/c1-15-20(13-14-29-15)22-24-25-23(26(22)18-7-5-4-6-8-18)30-16(2)21(27)17-9-11-19(28-3)12-10-17/h4-14,16H,1-3H3.